The molecule has 1 aromatic carbocycles. The standard InChI is InChI=1S/C19H20N4O2/c1-14-17(13-23(21-14)15-8-4-2-5-9-15)18(24)16(12-20)19(25)22-10-6-3-7-11-22/h2,4-5,8-9,13,16H,3,6-7,10-11H2,1H3/t16-/m0/s1. The van der Waals surface area contributed by atoms with Gasteiger partial charge in [-0.05, 0) is 38.3 Å². The number of carbonyl (C=O) groups excluding carboxylic acids is 2. The Kier molecular flexibility index (Phi) is 4.94. The maximum atomic E-state index is 12.8. The van der Waals surface area contributed by atoms with Gasteiger partial charge in [-0.1, -0.05) is 18.2 Å². The first-order valence-corrected chi connectivity index (χ1v) is 8.46. The van der Waals surface area contributed by atoms with E-state index in [2.05, 4.69) is 5.10 Å². The van der Waals surface area contributed by atoms with Crippen molar-refractivity contribution in [2.24, 2.45) is 5.92 Å². The van der Waals surface area contributed by atoms with Crippen LogP contribution >= 0.6 is 0 Å². The average Bonchev–Trinajstić information content (AvgIpc) is 3.05. The number of rotatable bonds is 4. The van der Waals surface area contributed by atoms with E-state index in [1.807, 2.05) is 36.4 Å². The zero-order chi connectivity index (χ0) is 17.8. The third kappa shape index (κ3) is 3.45. The Morgan fingerprint density at radius 3 is 2.48 bits per heavy atom. The molecule has 3 rings (SSSR count). The van der Waals surface area contributed by atoms with Crippen LogP contribution in [0.25, 0.3) is 5.69 Å². The maximum Gasteiger partial charge on any atom is 0.247 e. The number of hydrogen-bond donors (Lipinski definition) is 0. The number of Topliss-reactive ketones (excluding diaryl/α,β-unsaturated/α-hetero) is 1. The average molecular weight is 336 g/mol. The second-order valence-corrected chi connectivity index (χ2v) is 6.22. The van der Waals surface area contributed by atoms with Crippen molar-refractivity contribution in [2.45, 2.75) is 26.2 Å². The number of benzene rings is 1. The smallest absolute Gasteiger partial charge is 0.247 e. The predicted molar refractivity (Wildman–Crippen MR) is 92.2 cm³/mol. The normalized spacial score (nSPS) is 15.4. The highest BCUT2D eigenvalue weighted by molar-refractivity contribution is 6.12. The second kappa shape index (κ2) is 7.31. The number of piperidine rings is 1. The molecular weight excluding hydrogens is 316 g/mol. The van der Waals surface area contributed by atoms with Crippen LogP contribution < -0.4 is 0 Å². The first-order valence-electron chi connectivity index (χ1n) is 8.46. The van der Waals surface area contributed by atoms with E-state index in [4.69, 9.17) is 0 Å². The van der Waals surface area contributed by atoms with Crippen molar-refractivity contribution in [3.05, 3.63) is 47.8 Å². The Bertz CT molecular complexity index is 814. The Morgan fingerprint density at radius 1 is 1.16 bits per heavy atom. The molecule has 6 nitrogen and oxygen atoms in total. The van der Waals surface area contributed by atoms with Crippen LogP contribution in [0.3, 0.4) is 0 Å². The number of para-hydroxylation sites is 1. The van der Waals surface area contributed by atoms with Crippen LogP contribution in [0.4, 0.5) is 0 Å². The first kappa shape index (κ1) is 16.9. The SMILES string of the molecule is Cc1nn(-c2ccccc2)cc1C(=O)[C@H](C#N)C(=O)N1CCCCC1. The molecule has 0 saturated carbocycles. The fourth-order valence-corrected chi connectivity index (χ4v) is 3.09. The zero-order valence-corrected chi connectivity index (χ0v) is 14.2. The van der Waals surface area contributed by atoms with Crippen LogP contribution in [0.5, 0.6) is 0 Å². The molecule has 25 heavy (non-hydrogen) atoms. The highest BCUT2D eigenvalue weighted by Crippen LogP contribution is 2.19. The van der Waals surface area contributed by atoms with Crippen molar-refractivity contribution in [3.63, 3.8) is 0 Å². The monoisotopic (exact) mass is 336 g/mol. The molecule has 1 aliphatic heterocycles. The molecule has 0 unspecified atom stereocenters. The number of ketones is 1. The number of nitrogens with zero attached hydrogens (tertiary/aromatic N) is 4. The minimum atomic E-state index is -1.30. The number of nitriles is 1. The number of hydrogen-bond acceptors (Lipinski definition) is 4. The van der Waals surface area contributed by atoms with E-state index in [1.165, 1.54) is 0 Å². The molecule has 1 fully saturated rings. The van der Waals surface area contributed by atoms with Crippen LogP contribution in [-0.4, -0.2) is 39.5 Å². The van der Waals surface area contributed by atoms with Crippen LogP contribution in [0, 0.1) is 24.2 Å². The largest absolute Gasteiger partial charge is 0.341 e. The predicted octanol–water partition coefficient (Wildman–Crippen LogP) is 2.52. The lowest BCUT2D eigenvalue weighted by Gasteiger charge is -2.27. The van der Waals surface area contributed by atoms with Crippen LogP contribution in [-0.2, 0) is 4.79 Å². The summed E-state index contributed by atoms with van der Waals surface area (Å²) in [5.74, 6) is -2.16. The van der Waals surface area contributed by atoms with Crippen LogP contribution in [0.15, 0.2) is 36.5 Å². The summed E-state index contributed by atoms with van der Waals surface area (Å²) >= 11 is 0. The van der Waals surface area contributed by atoms with E-state index in [1.54, 1.807) is 22.7 Å². The molecule has 1 aromatic heterocycles. The third-order valence-electron chi connectivity index (χ3n) is 4.49. The fourth-order valence-electron chi connectivity index (χ4n) is 3.09. The van der Waals surface area contributed by atoms with E-state index < -0.39 is 11.7 Å². The highest BCUT2D eigenvalue weighted by atomic mass is 16.2. The molecule has 0 aliphatic carbocycles. The Morgan fingerprint density at radius 2 is 1.84 bits per heavy atom. The molecular formula is C19H20N4O2. The summed E-state index contributed by atoms with van der Waals surface area (Å²) in [5, 5.41) is 13.8. The first-order chi connectivity index (χ1) is 12.1. The molecule has 2 aromatic rings. The summed E-state index contributed by atoms with van der Waals surface area (Å²) in [6.45, 7) is 2.95. The van der Waals surface area contributed by atoms with Gasteiger partial charge in [0.2, 0.25) is 5.91 Å². The van der Waals surface area contributed by atoms with Gasteiger partial charge in [-0.15, -0.1) is 0 Å². The minimum absolute atomic E-state index is 0.320. The lowest BCUT2D eigenvalue weighted by molar-refractivity contribution is -0.133. The van der Waals surface area contributed by atoms with Gasteiger partial charge in [0, 0.05) is 19.3 Å². The van der Waals surface area contributed by atoms with Gasteiger partial charge in [0.05, 0.1) is 23.0 Å². The second-order valence-electron chi connectivity index (χ2n) is 6.22. The summed E-state index contributed by atoms with van der Waals surface area (Å²) in [4.78, 5) is 27.0. The number of amides is 1. The van der Waals surface area contributed by atoms with Crippen molar-refractivity contribution < 1.29 is 9.59 Å². The highest BCUT2D eigenvalue weighted by Gasteiger charge is 2.33. The lowest BCUT2D eigenvalue weighted by Crippen LogP contribution is -2.41. The van der Waals surface area contributed by atoms with Gasteiger partial charge in [-0.3, -0.25) is 9.59 Å². The van der Waals surface area contributed by atoms with Crippen molar-refractivity contribution >= 4 is 11.7 Å². The van der Waals surface area contributed by atoms with E-state index in [-0.39, 0.29) is 5.91 Å². The Labute approximate surface area is 146 Å². The fraction of sp³-hybridized carbons (Fsp3) is 0.368. The maximum absolute atomic E-state index is 12.8. The lowest BCUT2D eigenvalue weighted by atomic mass is 9.97. The van der Waals surface area contributed by atoms with E-state index in [0.29, 0.717) is 24.3 Å². The molecule has 128 valence electrons. The van der Waals surface area contributed by atoms with Crippen molar-refractivity contribution in [2.75, 3.05) is 13.1 Å². The topological polar surface area (TPSA) is 79.0 Å². The number of carbonyl (C=O) groups is 2. The van der Waals surface area contributed by atoms with E-state index >= 15 is 0 Å². The molecule has 0 spiro atoms. The summed E-state index contributed by atoms with van der Waals surface area (Å²) in [6, 6.07) is 11.3. The van der Waals surface area contributed by atoms with Gasteiger partial charge in [-0.2, -0.15) is 10.4 Å². The summed E-state index contributed by atoms with van der Waals surface area (Å²) < 4.78 is 1.60. The summed E-state index contributed by atoms with van der Waals surface area (Å²) in [6.07, 6.45) is 4.52. The van der Waals surface area contributed by atoms with E-state index in [0.717, 1.165) is 24.9 Å². The third-order valence-corrected chi connectivity index (χ3v) is 4.49. The van der Waals surface area contributed by atoms with Crippen LogP contribution in [0.1, 0.15) is 35.3 Å². The van der Waals surface area contributed by atoms with Gasteiger partial charge in [0.15, 0.2) is 11.7 Å². The van der Waals surface area contributed by atoms with E-state index in [9.17, 15) is 14.9 Å². The molecule has 2 heterocycles. The molecule has 1 amide bonds. The van der Waals surface area contributed by atoms with Gasteiger partial charge in [0.25, 0.3) is 0 Å². The van der Waals surface area contributed by atoms with Gasteiger partial charge in [0.1, 0.15) is 0 Å². The molecule has 6 heteroatoms. The number of aryl methyl sites for hydroxylation is 1. The molecule has 0 radical (unpaired) electrons. The van der Waals surface area contributed by atoms with Crippen molar-refractivity contribution in [1.82, 2.24) is 14.7 Å². The quantitative estimate of drug-likeness (QED) is 0.635. The van der Waals surface area contributed by atoms with Gasteiger partial charge >= 0.3 is 0 Å². The van der Waals surface area contributed by atoms with Gasteiger partial charge < -0.3 is 4.90 Å². The molecule has 0 bridgehead atoms. The number of aromatic nitrogens is 2. The minimum Gasteiger partial charge on any atom is -0.341 e. The molecule has 1 saturated heterocycles. The van der Waals surface area contributed by atoms with Crippen molar-refractivity contribution in [1.29, 1.82) is 5.26 Å². The van der Waals surface area contributed by atoms with Crippen molar-refractivity contribution in [3.8, 4) is 11.8 Å². The molecule has 1 atom stereocenters. The summed E-state index contributed by atoms with van der Waals surface area (Å²) in [5.41, 5.74) is 1.65. The molecule has 1 aliphatic rings. The summed E-state index contributed by atoms with van der Waals surface area (Å²) in [7, 11) is 0. The number of likely N-dealkylation sites (tertiary alicyclic amines) is 1. The molecule has 0 N–H and O–H groups in total. The van der Waals surface area contributed by atoms with Crippen LogP contribution in [0.2, 0.25) is 0 Å². The van der Waals surface area contributed by atoms with Gasteiger partial charge in [-0.25, -0.2) is 4.68 Å². The Hall–Kier alpha value is -2.94. The Balaban J connectivity index is 1.85. The zero-order valence-electron chi connectivity index (χ0n) is 14.2.